The molecule has 0 spiro atoms. The summed E-state index contributed by atoms with van der Waals surface area (Å²) in [4.78, 5) is 38.6. The molecular weight excluding hydrogens is 516 g/mol. The predicted molar refractivity (Wildman–Crippen MR) is 139 cm³/mol. The quantitative estimate of drug-likeness (QED) is 0.536. The Hall–Kier alpha value is -2.79. The van der Waals surface area contributed by atoms with Crippen LogP contribution in [0.3, 0.4) is 0 Å². The number of likely N-dealkylation sites (tertiary alicyclic amines) is 1. The zero-order valence-corrected chi connectivity index (χ0v) is 22.3. The van der Waals surface area contributed by atoms with Gasteiger partial charge in [-0.1, -0.05) is 23.7 Å². The molecule has 2 aromatic carbocycles. The normalized spacial score (nSPS) is 24.5. The molecule has 2 fully saturated rings. The van der Waals surface area contributed by atoms with Crippen LogP contribution in [0.25, 0.3) is 0 Å². The topological polar surface area (TPSA) is 127 Å². The third-order valence-corrected chi connectivity index (χ3v) is 9.58. The fourth-order valence-electron chi connectivity index (χ4n) is 5.27. The molecule has 1 unspecified atom stereocenters. The van der Waals surface area contributed by atoms with Gasteiger partial charge in [0.2, 0.25) is 15.9 Å². The highest BCUT2D eigenvalue weighted by Gasteiger charge is 2.51. The molecule has 4 amide bonds. The van der Waals surface area contributed by atoms with Gasteiger partial charge in [0, 0.05) is 31.0 Å². The Kier molecular flexibility index (Phi) is 8.03. The Balaban J connectivity index is 1.65. The lowest BCUT2D eigenvalue weighted by Crippen LogP contribution is -2.61. The number of carbonyl (C=O) groups is 3. The highest BCUT2D eigenvalue weighted by atomic mass is 35.5. The fraction of sp³-hybridized carbons (Fsp3) is 0.423. The first kappa shape index (κ1) is 27.3. The van der Waals surface area contributed by atoms with Gasteiger partial charge in [-0.3, -0.25) is 4.79 Å². The molecule has 37 heavy (non-hydrogen) atoms. The Morgan fingerprint density at radius 1 is 1.05 bits per heavy atom. The lowest BCUT2D eigenvalue weighted by molar-refractivity contribution is -0.776. The number of rotatable bonds is 6. The molecule has 198 valence electrons. The van der Waals surface area contributed by atoms with Crippen LogP contribution in [0.4, 0.5) is 4.79 Å². The van der Waals surface area contributed by atoms with Crippen LogP contribution in [0.2, 0.25) is 5.02 Å². The summed E-state index contributed by atoms with van der Waals surface area (Å²) in [5.41, 5.74) is 6.60. The molecule has 2 aromatic rings. The first-order valence-electron chi connectivity index (χ1n) is 12.4. The molecule has 2 heterocycles. The number of urea groups is 1. The first-order chi connectivity index (χ1) is 17.6. The summed E-state index contributed by atoms with van der Waals surface area (Å²) in [5.74, 6) is -0.699. The maximum Gasteiger partial charge on any atom is 0.421 e. The molecule has 9 nitrogen and oxygen atoms in total. The second kappa shape index (κ2) is 10.9. The van der Waals surface area contributed by atoms with Crippen molar-refractivity contribution in [1.82, 2.24) is 9.62 Å². The molecule has 11 heteroatoms. The largest absolute Gasteiger partial charge is 0.421 e. The zero-order valence-electron chi connectivity index (χ0n) is 20.7. The standard InChI is InChI=1S/C26H31ClN4O5S/c1-18-5-4-16-31(18,26(28)34)25(33)20-9-7-19(8-10-20)17-30(23-6-2-3-15-29-24(23)32)37(35,36)22-13-11-21(27)12-14-22/h7-14,18,23H,2-6,15-17H2,1H3,(H2-,28,29,32,34)/p+1/t18-,23-,31?/m1/s1. The molecule has 0 saturated carbocycles. The molecule has 2 aliphatic rings. The van der Waals surface area contributed by atoms with Gasteiger partial charge in [-0.25, -0.2) is 18.0 Å². The van der Waals surface area contributed by atoms with Crippen molar-refractivity contribution in [2.75, 3.05) is 13.1 Å². The number of quaternary nitrogens is 1. The number of amides is 4. The number of sulfonamides is 1. The predicted octanol–water partition coefficient (Wildman–Crippen LogP) is 3.42. The maximum atomic E-state index is 13.7. The molecular formula is C26H32ClN4O5S+. The van der Waals surface area contributed by atoms with Crippen molar-refractivity contribution in [3.05, 3.63) is 64.7 Å². The molecule has 4 rings (SSSR count). The van der Waals surface area contributed by atoms with Gasteiger partial charge in [0.1, 0.15) is 12.1 Å². The lowest BCUT2D eigenvalue weighted by atomic mass is 10.1. The minimum absolute atomic E-state index is 0.0386. The number of imide groups is 1. The van der Waals surface area contributed by atoms with E-state index in [1.165, 1.54) is 28.6 Å². The third kappa shape index (κ3) is 5.29. The van der Waals surface area contributed by atoms with Gasteiger partial charge in [-0.05, 0) is 68.1 Å². The van der Waals surface area contributed by atoms with Crippen LogP contribution in [-0.4, -0.2) is 60.2 Å². The number of hydrogen-bond donors (Lipinski definition) is 2. The summed E-state index contributed by atoms with van der Waals surface area (Å²) in [6, 6.07) is 10.6. The molecule has 3 atom stereocenters. The summed E-state index contributed by atoms with van der Waals surface area (Å²) in [5, 5.41) is 3.22. The van der Waals surface area contributed by atoms with Crippen LogP contribution in [0.15, 0.2) is 53.4 Å². The minimum atomic E-state index is -4.05. The van der Waals surface area contributed by atoms with Crippen LogP contribution >= 0.6 is 11.6 Å². The van der Waals surface area contributed by atoms with Gasteiger partial charge in [-0.15, -0.1) is 0 Å². The van der Waals surface area contributed by atoms with Crippen molar-refractivity contribution in [2.24, 2.45) is 5.73 Å². The van der Waals surface area contributed by atoms with Crippen LogP contribution < -0.4 is 11.1 Å². The molecule has 0 aliphatic carbocycles. The van der Waals surface area contributed by atoms with E-state index in [0.717, 1.165) is 19.3 Å². The second-order valence-corrected chi connectivity index (χ2v) is 12.1. The van der Waals surface area contributed by atoms with Crippen molar-refractivity contribution < 1.29 is 27.3 Å². The van der Waals surface area contributed by atoms with E-state index >= 15 is 0 Å². The molecule has 3 N–H and O–H groups in total. The SMILES string of the molecule is C[C@@H]1CCC[N+]1(C(N)=O)C(=O)c1ccc(CN([C@@H]2CCCCNC2=O)S(=O)(=O)c2ccc(Cl)cc2)cc1. The average Bonchev–Trinajstić information content (AvgIpc) is 3.14. The smallest absolute Gasteiger partial charge is 0.355 e. The average molecular weight is 548 g/mol. The first-order valence-corrected chi connectivity index (χ1v) is 14.3. The maximum absolute atomic E-state index is 13.7. The number of primary amides is 1. The number of nitrogens with two attached hydrogens (primary N) is 1. The fourth-order valence-corrected chi connectivity index (χ4v) is 7.00. The lowest BCUT2D eigenvalue weighted by Gasteiger charge is -2.31. The Morgan fingerprint density at radius 2 is 1.73 bits per heavy atom. The summed E-state index contributed by atoms with van der Waals surface area (Å²) >= 11 is 5.96. The Bertz CT molecular complexity index is 1280. The van der Waals surface area contributed by atoms with Crippen molar-refractivity contribution in [1.29, 1.82) is 0 Å². The second-order valence-electron chi connectivity index (χ2n) is 9.73. The van der Waals surface area contributed by atoms with Crippen molar-refractivity contribution >= 4 is 39.5 Å². The summed E-state index contributed by atoms with van der Waals surface area (Å²) in [7, 11) is -4.05. The van der Waals surface area contributed by atoms with Gasteiger partial charge in [-0.2, -0.15) is 8.79 Å². The van der Waals surface area contributed by atoms with E-state index in [4.69, 9.17) is 17.3 Å². The van der Waals surface area contributed by atoms with E-state index < -0.39 is 26.6 Å². The number of benzene rings is 2. The third-order valence-electron chi connectivity index (χ3n) is 7.45. The van der Waals surface area contributed by atoms with Crippen LogP contribution in [0.5, 0.6) is 0 Å². The number of nitrogens with one attached hydrogen (secondary N) is 1. The van der Waals surface area contributed by atoms with E-state index in [9.17, 15) is 22.8 Å². The number of carbonyl (C=O) groups excluding carboxylic acids is 3. The van der Waals surface area contributed by atoms with E-state index in [-0.39, 0.29) is 29.3 Å². The van der Waals surface area contributed by atoms with E-state index in [2.05, 4.69) is 5.32 Å². The monoisotopic (exact) mass is 547 g/mol. The van der Waals surface area contributed by atoms with Crippen molar-refractivity contribution in [2.45, 2.75) is 62.6 Å². The van der Waals surface area contributed by atoms with E-state index in [1.807, 2.05) is 6.92 Å². The van der Waals surface area contributed by atoms with Gasteiger partial charge < -0.3 is 11.1 Å². The van der Waals surface area contributed by atoms with Crippen molar-refractivity contribution in [3.8, 4) is 0 Å². The van der Waals surface area contributed by atoms with Crippen LogP contribution in [0.1, 0.15) is 54.9 Å². The van der Waals surface area contributed by atoms with Crippen molar-refractivity contribution in [3.63, 3.8) is 0 Å². The molecule has 2 aliphatic heterocycles. The number of nitrogens with zero attached hydrogens (tertiary/aromatic N) is 2. The number of hydrogen-bond acceptors (Lipinski definition) is 5. The van der Waals surface area contributed by atoms with Crippen LogP contribution in [0, 0.1) is 0 Å². The van der Waals surface area contributed by atoms with Gasteiger partial charge >= 0.3 is 11.9 Å². The summed E-state index contributed by atoms with van der Waals surface area (Å²) in [6.45, 7) is 2.64. The summed E-state index contributed by atoms with van der Waals surface area (Å²) < 4.78 is 28.2. The molecule has 0 aromatic heterocycles. The van der Waals surface area contributed by atoms with Gasteiger partial charge in [0.15, 0.2) is 0 Å². The van der Waals surface area contributed by atoms with E-state index in [0.29, 0.717) is 42.1 Å². The molecule has 0 radical (unpaired) electrons. The Morgan fingerprint density at radius 3 is 2.32 bits per heavy atom. The highest BCUT2D eigenvalue weighted by molar-refractivity contribution is 7.89. The molecule has 2 saturated heterocycles. The summed E-state index contributed by atoms with van der Waals surface area (Å²) in [6.07, 6.45) is 3.33. The van der Waals surface area contributed by atoms with Gasteiger partial charge in [0.25, 0.3) is 0 Å². The van der Waals surface area contributed by atoms with Gasteiger partial charge in [0.05, 0.1) is 17.0 Å². The van der Waals surface area contributed by atoms with Crippen LogP contribution in [-0.2, 0) is 21.4 Å². The minimum Gasteiger partial charge on any atom is -0.355 e. The zero-order chi connectivity index (χ0) is 26.8. The number of halogens is 1. The Labute approximate surface area is 222 Å². The van der Waals surface area contributed by atoms with E-state index in [1.54, 1.807) is 24.3 Å². The molecule has 0 bridgehead atoms. The highest BCUT2D eigenvalue weighted by Crippen LogP contribution is 2.30.